The van der Waals surface area contributed by atoms with Crippen molar-refractivity contribution in [1.82, 2.24) is 4.72 Å². The van der Waals surface area contributed by atoms with Gasteiger partial charge in [-0.1, -0.05) is 15.9 Å². The first-order chi connectivity index (χ1) is 5.94. The second-order valence-corrected chi connectivity index (χ2v) is 4.56. The molecule has 13 heavy (non-hydrogen) atoms. The normalized spacial score (nSPS) is 14.8. The summed E-state index contributed by atoms with van der Waals surface area (Å²) in [6.07, 6.45) is 0. The first kappa shape index (κ1) is 13.2. The van der Waals surface area contributed by atoms with Gasteiger partial charge in [0.15, 0.2) is 0 Å². The third-order valence-corrected chi connectivity index (χ3v) is 3.03. The fraction of sp³-hybridized carbons (Fsp3) is 1.00. The summed E-state index contributed by atoms with van der Waals surface area (Å²) in [5, 5.41) is 0.215. The summed E-state index contributed by atoms with van der Waals surface area (Å²) in [7, 11) is -3.17. The summed E-state index contributed by atoms with van der Waals surface area (Å²) in [6.45, 7) is 0.0389. The first-order valence-corrected chi connectivity index (χ1v) is 5.95. The minimum atomic E-state index is -4.53. The number of ether oxygens (including phenoxy) is 1. The molecule has 0 aromatic heterocycles. The maximum absolute atomic E-state index is 11.8. The van der Waals surface area contributed by atoms with Crippen LogP contribution < -0.4 is 4.72 Å². The largest absolute Gasteiger partial charge is 0.383 e. The van der Waals surface area contributed by atoms with E-state index in [1.807, 2.05) is 0 Å². The number of halogens is 3. The van der Waals surface area contributed by atoms with Gasteiger partial charge >= 0.3 is 5.76 Å². The number of hydrogen-bond donors (Lipinski definition) is 1. The van der Waals surface area contributed by atoms with E-state index in [0.717, 1.165) is 0 Å². The summed E-state index contributed by atoms with van der Waals surface area (Å²) < 4.78 is 51.4. The number of methoxy groups -OCH3 is 1. The highest BCUT2D eigenvalue weighted by Crippen LogP contribution is 2.04. The van der Waals surface area contributed by atoms with E-state index < -0.39 is 21.8 Å². The van der Waals surface area contributed by atoms with Gasteiger partial charge in [-0.15, -0.1) is 0 Å². The summed E-state index contributed by atoms with van der Waals surface area (Å²) in [5.74, 6) is -3.41. The molecule has 4 nitrogen and oxygen atoms in total. The zero-order chi connectivity index (χ0) is 10.5. The zero-order valence-corrected chi connectivity index (χ0v) is 9.24. The standard InChI is InChI=1S/C5H10BrF2NO3S/c1-12-3-4(2-6)9-13(10,11)5(7)8/h4-5,9H,2-3H2,1H3. The molecule has 0 rings (SSSR count). The van der Waals surface area contributed by atoms with Gasteiger partial charge in [-0.05, 0) is 0 Å². The molecule has 0 aliphatic heterocycles. The molecule has 1 atom stereocenters. The molecule has 0 saturated heterocycles. The Morgan fingerprint density at radius 1 is 1.54 bits per heavy atom. The van der Waals surface area contributed by atoms with Crippen LogP contribution in [0.25, 0.3) is 0 Å². The third-order valence-electron chi connectivity index (χ3n) is 1.12. The average molecular weight is 282 g/mol. The van der Waals surface area contributed by atoms with Gasteiger partial charge in [0.25, 0.3) is 10.0 Å². The molecule has 0 aromatic rings. The van der Waals surface area contributed by atoms with Crippen molar-refractivity contribution < 1.29 is 21.9 Å². The smallest absolute Gasteiger partial charge is 0.350 e. The summed E-state index contributed by atoms with van der Waals surface area (Å²) in [6, 6.07) is -0.677. The van der Waals surface area contributed by atoms with Crippen LogP contribution >= 0.6 is 15.9 Å². The van der Waals surface area contributed by atoms with E-state index in [0.29, 0.717) is 0 Å². The molecule has 0 aliphatic rings. The maximum atomic E-state index is 11.8. The van der Waals surface area contributed by atoms with Crippen LogP contribution in [0.15, 0.2) is 0 Å². The number of nitrogens with one attached hydrogen (secondary N) is 1. The number of hydrogen-bond acceptors (Lipinski definition) is 3. The Hall–Kier alpha value is 0.210. The Bertz CT molecular complexity index is 234. The fourth-order valence-corrected chi connectivity index (χ4v) is 1.88. The van der Waals surface area contributed by atoms with E-state index in [-0.39, 0.29) is 11.9 Å². The monoisotopic (exact) mass is 281 g/mol. The molecule has 0 spiro atoms. The molecule has 0 aliphatic carbocycles. The van der Waals surface area contributed by atoms with Crippen LogP contribution in [0.5, 0.6) is 0 Å². The first-order valence-electron chi connectivity index (χ1n) is 3.28. The van der Waals surface area contributed by atoms with Crippen LogP contribution in [0.3, 0.4) is 0 Å². The van der Waals surface area contributed by atoms with Crippen LogP contribution in [0.2, 0.25) is 0 Å². The lowest BCUT2D eigenvalue weighted by Gasteiger charge is -2.14. The van der Waals surface area contributed by atoms with E-state index in [2.05, 4.69) is 20.7 Å². The van der Waals surface area contributed by atoms with Crippen molar-refractivity contribution in [2.45, 2.75) is 11.8 Å². The molecule has 0 saturated carbocycles. The van der Waals surface area contributed by atoms with Gasteiger partial charge in [0, 0.05) is 12.4 Å². The highest BCUT2D eigenvalue weighted by molar-refractivity contribution is 9.09. The van der Waals surface area contributed by atoms with Crippen LogP contribution in [0, 0.1) is 0 Å². The van der Waals surface area contributed by atoms with Crippen molar-refractivity contribution >= 4 is 26.0 Å². The van der Waals surface area contributed by atoms with Crippen LogP contribution in [-0.4, -0.2) is 39.3 Å². The Morgan fingerprint density at radius 3 is 2.38 bits per heavy atom. The number of rotatable bonds is 6. The topological polar surface area (TPSA) is 55.4 Å². The van der Waals surface area contributed by atoms with Crippen molar-refractivity contribution in [3.05, 3.63) is 0 Å². The lowest BCUT2D eigenvalue weighted by atomic mass is 10.4. The quantitative estimate of drug-likeness (QED) is 0.723. The molecule has 0 bridgehead atoms. The number of sulfonamides is 1. The van der Waals surface area contributed by atoms with Crippen LogP contribution in [0.1, 0.15) is 0 Å². The van der Waals surface area contributed by atoms with Crippen molar-refractivity contribution in [3.8, 4) is 0 Å². The van der Waals surface area contributed by atoms with Gasteiger partial charge in [0.1, 0.15) is 0 Å². The third kappa shape index (κ3) is 4.84. The van der Waals surface area contributed by atoms with Gasteiger partial charge in [-0.25, -0.2) is 13.1 Å². The van der Waals surface area contributed by atoms with Crippen molar-refractivity contribution in [3.63, 3.8) is 0 Å². The molecular weight excluding hydrogens is 272 g/mol. The van der Waals surface area contributed by atoms with E-state index in [1.54, 1.807) is 4.72 Å². The highest BCUT2D eigenvalue weighted by atomic mass is 79.9. The minimum absolute atomic E-state index is 0.0389. The second-order valence-electron chi connectivity index (χ2n) is 2.23. The fourth-order valence-electron chi connectivity index (χ4n) is 0.595. The molecule has 0 radical (unpaired) electrons. The van der Waals surface area contributed by atoms with E-state index in [1.165, 1.54) is 7.11 Å². The molecule has 1 unspecified atom stereocenters. The van der Waals surface area contributed by atoms with Gasteiger partial charge in [0.05, 0.1) is 12.6 Å². The summed E-state index contributed by atoms with van der Waals surface area (Å²) >= 11 is 2.97. The Labute approximate surface area is 83.8 Å². The lowest BCUT2D eigenvalue weighted by molar-refractivity contribution is 0.179. The molecule has 0 fully saturated rings. The Balaban J connectivity index is 4.23. The van der Waals surface area contributed by atoms with Gasteiger partial charge in [-0.3, -0.25) is 0 Å². The van der Waals surface area contributed by atoms with E-state index in [9.17, 15) is 17.2 Å². The second kappa shape index (κ2) is 5.84. The molecule has 80 valence electrons. The minimum Gasteiger partial charge on any atom is -0.383 e. The molecule has 0 aromatic carbocycles. The zero-order valence-electron chi connectivity index (χ0n) is 6.84. The molecular formula is C5H10BrF2NO3S. The van der Waals surface area contributed by atoms with Crippen molar-refractivity contribution in [1.29, 1.82) is 0 Å². The van der Waals surface area contributed by atoms with Crippen LogP contribution in [0.4, 0.5) is 8.78 Å². The molecule has 0 amide bonds. The van der Waals surface area contributed by atoms with E-state index >= 15 is 0 Å². The summed E-state index contributed by atoms with van der Waals surface area (Å²) in [5.41, 5.74) is 0. The Morgan fingerprint density at radius 2 is 2.08 bits per heavy atom. The van der Waals surface area contributed by atoms with Crippen molar-refractivity contribution in [2.75, 3.05) is 19.0 Å². The van der Waals surface area contributed by atoms with Gasteiger partial charge < -0.3 is 4.74 Å². The average Bonchev–Trinajstić information content (AvgIpc) is 2.03. The van der Waals surface area contributed by atoms with Crippen molar-refractivity contribution in [2.24, 2.45) is 0 Å². The highest BCUT2D eigenvalue weighted by Gasteiger charge is 2.26. The molecule has 1 N–H and O–H groups in total. The Kier molecular flexibility index (Phi) is 5.93. The van der Waals surface area contributed by atoms with E-state index in [4.69, 9.17) is 0 Å². The van der Waals surface area contributed by atoms with Gasteiger partial charge in [-0.2, -0.15) is 8.78 Å². The molecule has 0 heterocycles. The predicted molar refractivity (Wildman–Crippen MR) is 47.5 cm³/mol. The number of alkyl halides is 3. The van der Waals surface area contributed by atoms with Crippen LogP contribution in [-0.2, 0) is 14.8 Å². The maximum Gasteiger partial charge on any atom is 0.350 e. The molecule has 8 heteroatoms. The summed E-state index contributed by atoms with van der Waals surface area (Å²) in [4.78, 5) is 0. The lowest BCUT2D eigenvalue weighted by Crippen LogP contribution is -2.41. The van der Waals surface area contributed by atoms with Gasteiger partial charge in [0.2, 0.25) is 0 Å². The predicted octanol–water partition coefficient (Wildman–Crippen LogP) is 0.538. The SMILES string of the molecule is COCC(CBr)NS(=O)(=O)C(F)F.